The number of methoxy groups -OCH3 is 2. The number of hydrogen-bond acceptors (Lipinski definition) is 9. The number of nitrogens with one attached hydrogen (secondary N) is 3. The first-order valence-corrected chi connectivity index (χ1v) is 18.9. The van der Waals surface area contributed by atoms with Gasteiger partial charge in [-0.05, 0) is 71.5 Å². The van der Waals surface area contributed by atoms with Crippen LogP contribution in [-0.2, 0) is 28.7 Å². The zero-order valence-electron chi connectivity index (χ0n) is 32.9. The van der Waals surface area contributed by atoms with Crippen molar-refractivity contribution < 1.29 is 33.8 Å². The van der Waals surface area contributed by atoms with Gasteiger partial charge >= 0.3 is 0 Å². The molecule has 13 heteroatoms. The van der Waals surface area contributed by atoms with Crippen molar-refractivity contribution in [2.24, 2.45) is 17.8 Å². The summed E-state index contributed by atoms with van der Waals surface area (Å²) >= 11 is 0. The summed E-state index contributed by atoms with van der Waals surface area (Å²) in [6, 6.07) is -2.02. The maximum absolute atomic E-state index is 14.1. The number of aliphatic hydroxyl groups is 1. The van der Waals surface area contributed by atoms with Crippen molar-refractivity contribution in [2.45, 2.75) is 141 Å². The third-order valence-corrected chi connectivity index (χ3v) is 11.0. The molecule has 0 saturated carbocycles. The van der Waals surface area contributed by atoms with Crippen LogP contribution in [0.5, 0.6) is 0 Å². The van der Waals surface area contributed by atoms with Gasteiger partial charge in [0.2, 0.25) is 23.6 Å². The molecule has 10 atom stereocenters. The van der Waals surface area contributed by atoms with Crippen molar-refractivity contribution in [2.75, 3.05) is 55.0 Å². The Morgan fingerprint density at radius 3 is 2.16 bits per heavy atom. The Morgan fingerprint density at radius 1 is 0.960 bits per heavy atom. The number of aliphatic hydroxyl groups excluding tert-OH is 1. The number of piperidine rings is 1. The average Bonchev–Trinajstić information content (AvgIpc) is 3.56. The fourth-order valence-electron chi connectivity index (χ4n) is 7.99. The minimum Gasteiger partial charge on any atom is -0.391 e. The van der Waals surface area contributed by atoms with E-state index in [1.807, 2.05) is 39.5 Å². The van der Waals surface area contributed by atoms with Gasteiger partial charge in [-0.25, -0.2) is 0 Å². The number of amides is 4. The van der Waals surface area contributed by atoms with E-state index in [-0.39, 0.29) is 42.0 Å². The molecule has 0 spiro atoms. The molecule has 50 heavy (non-hydrogen) atoms. The van der Waals surface area contributed by atoms with Gasteiger partial charge in [-0.1, -0.05) is 47.5 Å². The van der Waals surface area contributed by atoms with E-state index in [1.54, 1.807) is 40.3 Å². The van der Waals surface area contributed by atoms with Crippen molar-refractivity contribution >= 4 is 23.6 Å². The van der Waals surface area contributed by atoms with Gasteiger partial charge in [0.1, 0.15) is 6.04 Å². The SMILES string of the molecule is CC[C@H](C)[C@@H]([C@@H](CC(=O)N1CCC[C@H]1[C@H](OC)[C@@H](C)C(=O)NCCC1CCCCN1)OC)N(C)C(=O)[C@@H](NC(=O)[C@H](C(C)C)N(C)C)[C@@H](C)O. The predicted molar refractivity (Wildman–Crippen MR) is 195 cm³/mol. The van der Waals surface area contributed by atoms with Crippen LogP contribution in [0.3, 0.4) is 0 Å². The van der Waals surface area contributed by atoms with Gasteiger partial charge < -0.3 is 40.3 Å². The highest BCUT2D eigenvalue weighted by Crippen LogP contribution is 2.29. The summed E-state index contributed by atoms with van der Waals surface area (Å²) in [5, 5.41) is 20.1. The monoisotopic (exact) mass is 711 g/mol. The first-order valence-electron chi connectivity index (χ1n) is 18.9. The molecule has 290 valence electrons. The summed E-state index contributed by atoms with van der Waals surface area (Å²) in [4.78, 5) is 59.7. The number of rotatable bonds is 20. The number of likely N-dealkylation sites (N-methyl/N-ethyl adjacent to an activating group) is 2. The highest BCUT2D eigenvalue weighted by molar-refractivity contribution is 5.90. The third-order valence-electron chi connectivity index (χ3n) is 11.0. The summed E-state index contributed by atoms with van der Waals surface area (Å²) in [6.07, 6.45) is 4.39. The Morgan fingerprint density at radius 2 is 1.64 bits per heavy atom. The van der Waals surface area contributed by atoms with E-state index in [2.05, 4.69) is 16.0 Å². The zero-order chi connectivity index (χ0) is 37.7. The summed E-state index contributed by atoms with van der Waals surface area (Å²) in [7, 11) is 8.39. The Balaban J connectivity index is 2.19. The van der Waals surface area contributed by atoms with E-state index in [0.29, 0.717) is 25.6 Å². The van der Waals surface area contributed by atoms with Gasteiger partial charge in [0.15, 0.2) is 0 Å². The second kappa shape index (κ2) is 21.3. The van der Waals surface area contributed by atoms with Crippen LogP contribution in [0.1, 0.15) is 92.9 Å². The molecule has 1 unspecified atom stereocenters. The van der Waals surface area contributed by atoms with E-state index in [9.17, 15) is 24.3 Å². The first kappa shape index (κ1) is 43.8. The van der Waals surface area contributed by atoms with Gasteiger partial charge in [0.25, 0.3) is 0 Å². The summed E-state index contributed by atoms with van der Waals surface area (Å²) in [5.74, 6) is -1.53. The van der Waals surface area contributed by atoms with Crippen LogP contribution < -0.4 is 16.0 Å². The maximum atomic E-state index is 14.1. The van der Waals surface area contributed by atoms with Crippen LogP contribution in [0.4, 0.5) is 0 Å². The second-order valence-corrected chi connectivity index (χ2v) is 15.2. The van der Waals surface area contributed by atoms with E-state index in [0.717, 1.165) is 32.2 Å². The number of nitrogens with zero attached hydrogens (tertiary/aromatic N) is 3. The van der Waals surface area contributed by atoms with Gasteiger partial charge in [0, 0.05) is 40.4 Å². The fourth-order valence-corrected chi connectivity index (χ4v) is 7.99. The van der Waals surface area contributed by atoms with Crippen molar-refractivity contribution in [3.8, 4) is 0 Å². The van der Waals surface area contributed by atoms with Crippen LogP contribution >= 0.6 is 0 Å². The molecule has 0 aromatic carbocycles. The van der Waals surface area contributed by atoms with Crippen LogP contribution in [0.2, 0.25) is 0 Å². The summed E-state index contributed by atoms with van der Waals surface area (Å²) < 4.78 is 11.9. The predicted octanol–water partition coefficient (Wildman–Crippen LogP) is 2.01. The molecule has 2 aliphatic heterocycles. The topological polar surface area (TPSA) is 153 Å². The molecule has 2 fully saturated rings. The van der Waals surface area contributed by atoms with Crippen LogP contribution in [0.25, 0.3) is 0 Å². The fraction of sp³-hybridized carbons (Fsp3) is 0.892. The summed E-state index contributed by atoms with van der Waals surface area (Å²) in [5.41, 5.74) is 0. The maximum Gasteiger partial charge on any atom is 0.247 e. The molecule has 2 saturated heterocycles. The molecule has 2 rings (SSSR count). The lowest BCUT2D eigenvalue weighted by Gasteiger charge is -2.41. The van der Waals surface area contributed by atoms with Gasteiger partial charge in [0.05, 0.1) is 48.8 Å². The van der Waals surface area contributed by atoms with Crippen molar-refractivity contribution in [1.82, 2.24) is 30.7 Å². The zero-order valence-corrected chi connectivity index (χ0v) is 32.9. The third kappa shape index (κ3) is 11.9. The smallest absolute Gasteiger partial charge is 0.247 e. The standard InChI is InChI=1S/C37H70N6O7/c1-12-24(4)33(42(9)37(48)31(26(6)44)40-36(47)32(23(2)3)41(7)8)29(49-10)22-30(45)43-21-15-17-28(43)34(50-11)25(5)35(46)39-20-18-27-16-13-14-19-38-27/h23-29,31-34,38,44H,12-22H2,1-11H3,(H,39,46)(H,40,47)/t24-,25+,26+,27?,28-,29+,31-,32-,33-,34+/m0/s1. The molecule has 13 nitrogen and oxygen atoms in total. The number of likely N-dealkylation sites (tertiary alicyclic amines) is 1. The molecule has 0 aliphatic carbocycles. The molecule has 0 aromatic heterocycles. The normalized spacial score (nSPS) is 23.0. The molecule has 0 bridgehead atoms. The van der Waals surface area contributed by atoms with E-state index in [1.165, 1.54) is 24.7 Å². The van der Waals surface area contributed by atoms with Gasteiger partial charge in [-0.3, -0.25) is 24.1 Å². The molecule has 2 aliphatic rings. The minimum atomic E-state index is -1.18. The molecule has 0 aromatic rings. The molecule has 4 N–H and O–H groups in total. The highest BCUT2D eigenvalue weighted by Gasteiger charge is 2.43. The van der Waals surface area contributed by atoms with E-state index in [4.69, 9.17) is 9.47 Å². The lowest BCUT2D eigenvalue weighted by molar-refractivity contribution is -0.149. The molecule has 0 radical (unpaired) electrons. The van der Waals surface area contributed by atoms with E-state index < -0.39 is 48.3 Å². The minimum absolute atomic E-state index is 0.0162. The Hall–Kier alpha value is -2.32. The quantitative estimate of drug-likeness (QED) is 0.149. The molecule has 4 amide bonds. The van der Waals surface area contributed by atoms with Crippen LogP contribution in [0, 0.1) is 17.8 Å². The largest absolute Gasteiger partial charge is 0.391 e. The first-order chi connectivity index (χ1) is 23.6. The van der Waals surface area contributed by atoms with Crippen LogP contribution in [-0.4, -0.2) is 147 Å². The highest BCUT2D eigenvalue weighted by atomic mass is 16.5. The van der Waals surface area contributed by atoms with Crippen LogP contribution in [0.15, 0.2) is 0 Å². The van der Waals surface area contributed by atoms with Crippen molar-refractivity contribution in [3.05, 3.63) is 0 Å². The molecular weight excluding hydrogens is 640 g/mol. The van der Waals surface area contributed by atoms with Gasteiger partial charge in [-0.15, -0.1) is 0 Å². The number of carbonyl (C=O) groups excluding carboxylic acids is 4. The average molecular weight is 711 g/mol. The number of carbonyl (C=O) groups is 4. The summed E-state index contributed by atoms with van der Waals surface area (Å²) in [6.45, 7) is 13.4. The van der Waals surface area contributed by atoms with E-state index >= 15 is 0 Å². The Kier molecular flexibility index (Phi) is 18.6. The Labute approximate surface area is 301 Å². The lowest BCUT2D eigenvalue weighted by Crippen LogP contribution is -2.61. The second-order valence-electron chi connectivity index (χ2n) is 15.2. The molecular formula is C37H70N6O7. The van der Waals surface area contributed by atoms with Crippen molar-refractivity contribution in [3.63, 3.8) is 0 Å². The number of hydrogen-bond donors (Lipinski definition) is 4. The number of ether oxygens (including phenoxy) is 2. The van der Waals surface area contributed by atoms with Crippen molar-refractivity contribution in [1.29, 1.82) is 0 Å². The Bertz CT molecular complexity index is 1060. The molecule has 2 heterocycles. The van der Waals surface area contributed by atoms with Gasteiger partial charge in [-0.2, -0.15) is 0 Å². The lowest BCUT2D eigenvalue weighted by atomic mass is 9.89.